The van der Waals surface area contributed by atoms with Crippen LogP contribution in [0.25, 0.3) is 0 Å². The highest BCUT2D eigenvalue weighted by atomic mass is 15.0. The number of anilines is 1. The zero-order valence-corrected chi connectivity index (χ0v) is 11.5. The lowest BCUT2D eigenvalue weighted by molar-refractivity contribution is 0.320. The van der Waals surface area contributed by atoms with Crippen LogP contribution >= 0.6 is 0 Å². The number of nitrogens with two attached hydrogens (primary N) is 1. The maximum atomic E-state index is 8.91. The number of hydrogen-bond donors (Lipinski definition) is 2. The number of nitrogens with zero attached hydrogens (tertiary/aromatic N) is 2. The van der Waals surface area contributed by atoms with Crippen LogP contribution in [0.5, 0.6) is 0 Å². The van der Waals surface area contributed by atoms with Gasteiger partial charge < -0.3 is 11.1 Å². The topological polar surface area (TPSA) is 74.7 Å². The first kappa shape index (κ1) is 13.8. The molecule has 4 nitrogen and oxygen atoms in total. The number of aryl methyl sites for hydroxylation is 1. The Morgan fingerprint density at radius 1 is 1.42 bits per heavy atom. The molecule has 0 bridgehead atoms. The molecule has 0 saturated heterocycles. The monoisotopic (exact) mass is 258 g/mol. The normalized spacial score (nSPS) is 17.7. The van der Waals surface area contributed by atoms with Gasteiger partial charge in [0.25, 0.3) is 0 Å². The van der Waals surface area contributed by atoms with Crippen molar-refractivity contribution in [2.75, 3.05) is 11.9 Å². The van der Waals surface area contributed by atoms with E-state index in [9.17, 15) is 0 Å². The van der Waals surface area contributed by atoms with Crippen LogP contribution in [0, 0.1) is 24.2 Å². The second kappa shape index (κ2) is 6.53. The van der Waals surface area contributed by atoms with Crippen molar-refractivity contribution in [3.63, 3.8) is 0 Å². The SMILES string of the molecule is Cc1nc(NC(CN)C2CCCCC2)ccc1C#N. The van der Waals surface area contributed by atoms with Gasteiger partial charge >= 0.3 is 0 Å². The van der Waals surface area contributed by atoms with Crippen molar-refractivity contribution in [2.24, 2.45) is 11.7 Å². The van der Waals surface area contributed by atoms with Crippen LogP contribution in [0.15, 0.2) is 12.1 Å². The Bertz CT molecular complexity index is 458. The highest BCUT2D eigenvalue weighted by Crippen LogP contribution is 2.27. The van der Waals surface area contributed by atoms with Crippen LogP contribution in [0.1, 0.15) is 43.4 Å². The van der Waals surface area contributed by atoms with Crippen molar-refractivity contribution in [2.45, 2.75) is 45.1 Å². The Morgan fingerprint density at radius 3 is 2.74 bits per heavy atom. The number of pyridine rings is 1. The van der Waals surface area contributed by atoms with Gasteiger partial charge in [0.1, 0.15) is 11.9 Å². The summed E-state index contributed by atoms with van der Waals surface area (Å²) in [6, 6.07) is 6.12. The number of nitriles is 1. The molecular weight excluding hydrogens is 236 g/mol. The van der Waals surface area contributed by atoms with E-state index in [2.05, 4.69) is 16.4 Å². The van der Waals surface area contributed by atoms with E-state index < -0.39 is 0 Å². The minimum absolute atomic E-state index is 0.292. The molecule has 1 aromatic rings. The molecule has 1 aromatic heterocycles. The summed E-state index contributed by atoms with van der Waals surface area (Å²) in [6.07, 6.45) is 6.47. The second-order valence-electron chi connectivity index (χ2n) is 5.33. The fourth-order valence-corrected chi connectivity index (χ4v) is 2.86. The van der Waals surface area contributed by atoms with Crippen molar-refractivity contribution >= 4 is 5.82 Å². The van der Waals surface area contributed by atoms with Crippen LogP contribution < -0.4 is 11.1 Å². The molecule has 102 valence electrons. The van der Waals surface area contributed by atoms with Gasteiger partial charge in [0.15, 0.2) is 0 Å². The number of nitrogens with one attached hydrogen (secondary N) is 1. The number of hydrogen-bond acceptors (Lipinski definition) is 4. The smallest absolute Gasteiger partial charge is 0.126 e. The molecule has 1 atom stereocenters. The first-order valence-corrected chi connectivity index (χ1v) is 7.09. The lowest BCUT2D eigenvalue weighted by atomic mass is 9.84. The largest absolute Gasteiger partial charge is 0.366 e. The van der Waals surface area contributed by atoms with Gasteiger partial charge in [-0.1, -0.05) is 19.3 Å². The van der Waals surface area contributed by atoms with E-state index in [0.29, 0.717) is 24.1 Å². The van der Waals surface area contributed by atoms with Crippen LogP contribution in [-0.4, -0.2) is 17.6 Å². The zero-order valence-electron chi connectivity index (χ0n) is 11.5. The summed E-state index contributed by atoms with van der Waals surface area (Å²) in [5.74, 6) is 1.48. The van der Waals surface area contributed by atoms with E-state index in [-0.39, 0.29) is 0 Å². The molecule has 1 fully saturated rings. The van der Waals surface area contributed by atoms with Crippen molar-refractivity contribution in [3.8, 4) is 6.07 Å². The number of rotatable bonds is 4. The quantitative estimate of drug-likeness (QED) is 0.870. The van der Waals surface area contributed by atoms with Gasteiger partial charge in [0, 0.05) is 12.6 Å². The fourth-order valence-electron chi connectivity index (χ4n) is 2.86. The third kappa shape index (κ3) is 3.45. The fraction of sp³-hybridized carbons (Fsp3) is 0.600. The molecule has 1 aliphatic rings. The predicted molar refractivity (Wildman–Crippen MR) is 76.7 cm³/mol. The summed E-state index contributed by atoms with van der Waals surface area (Å²) in [4.78, 5) is 4.44. The van der Waals surface area contributed by atoms with Crippen molar-refractivity contribution in [1.82, 2.24) is 4.98 Å². The molecular formula is C15H22N4. The molecule has 1 unspecified atom stereocenters. The highest BCUT2D eigenvalue weighted by molar-refractivity contribution is 5.43. The predicted octanol–water partition coefficient (Wildman–Crippen LogP) is 2.58. The summed E-state index contributed by atoms with van der Waals surface area (Å²) in [6.45, 7) is 2.49. The molecule has 1 aliphatic carbocycles. The molecule has 0 radical (unpaired) electrons. The molecule has 0 aliphatic heterocycles. The molecule has 1 saturated carbocycles. The summed E-state index contributed by atoms with van der Waals surface area (Å²) < 4.78 is 0. The van der Waals surface area contributed by atoms with E-state index in [1.165, 1.54) is 32.1 Å². The van der Waals surface area contributed by atoms with Gasteiger partial charge in [-0.2, -0.15) is 5.26 Å². The van der Waals surface area contributed by atoms with Crippen LogP contribution in [0.4, 0.5) is 5.82 Å². The zero-order chi connectivity index (χ0) is 13.7. The molecule has 0 aromatic carbocycles. The standard InChI is InChI=1S/C15H22N4/c1-11-13(9-16)7-8-15(18-11)19-14(10-17)12-5-3-2-4-6-12/h7-8,12,14H,2-6,10,17H2,1H3,(H,18,19). The van der Waals surface area contributed by atoms with E-state index in [1.807, 2.05) is 19.1 Å². The summed E-state index contributed by atoms with van der Waals surface area (Å²) in [7, 11) is 0. The Hall–Kier alpha value is -1.60. The minimum atomic E-state index is 0.292. The molecule has 3 N–H and O–H groups in total. The van der Waals surface area contributed by atoms with Crippen LogP contribution in [-0.2, 0) is 0 Å². The van der Waals surface area contributed by atoms with Crippen molar-refractivity contribution < 1.29 is 0 Å². The van der Waals surface area contributed by atoms with Gasteiger partial charge in [0.05, 0.1) is 11.3 Å². The van der Waals surface area contributed by atoms with Gasteiger partial charge in [0.2, 0.25) is 0 Å². The average Bonchev–Trinajstić information content (AvgIpc) is 2.46. The van der Waals surface area contributed by atoms with Gasteiger partial charge in [-0.15, -0.1) is 0 Å². The Balaban J connectivity index is 2.05. The van der Waals surface area contributed by atoms with Gasteiger partial charge in [-0.25, -0.2) is 4.98 Å². The van der Waals surface area contributed by atoms with E-state index >= 15 is 0 Å². The first-order chi connectivity index (χ1) is 9.24. The average molecular weight is 258 g/mol. The van der Waals surface area contributed by atoms with Gasteiger partial charge in [-0.3, -0.25) is 0 Å². The lowest BCUT2D eigenvalue weighted by Gasteiger charge is -2.30. The Labute approximate surface area is 115 Å². The highest BCUT2D eigenvalue weighted by Gasteiger charge is 2.22. The second-order valence-corrected chi connectivity index (χ2v) is 5.33. The van der Waals surface area contributed by atoms with Crippen LogP contribution in [0.2, 0.25) is 0 Å². The third-order valence-corrected chi connectivity index (χ3v) is 4.01. The molecule has 4 heteroatoms. The van der Waals surface area contributed by atoms with Gasteiger partial charge in [-0.05, 0) is 37.8 Å². The molecule has 19 heavy (non-hydrogen) atoms. The molecule has 1 heterocycles. The Morgan fingerprint density at radius 2 is 2.16 bits per heavy atom. The maximum Gasteiger partial charge on any atom is 0.126 e. The first-order valence-electron chi connectivity index (χ1n) is 7.09. The summed E-state index contributed by atoms with van der Waals surface area (Å²) in [5, 5.41) is 12.4. The van der Waals surface area contributed by atoms with E-state index in [4.69, 9.17) is 11.0 Å². The molecule has 0 amide bonds. The maximum absolute atomic E-state index is 8.91. The Kier molecular flexibility index (Phi) is 4.75. The summed E-state index contributed by atoms with van der Waals surface area (Å²) >= 11 is 0. The number of aromatic nitrogens is 1. The van der Waals surface area contributed by atoms with E-state index in [1.54, 1.807) is 0 Å². The summed E-state index contributed by atoms with van der Waals surface area (Å²) in [5.41, 5.74) is 7.31. The third-order valence-electron chi connectivity index (χ3n) is 4.01. The lowest BCUT2D eigenvalue weighted by Crippen LogP contribution is -2.37. The van der Waals surface area contributed by atoms with Crippen LogP contribution in [0.3, 0.4) is 0 Å². The molecule has 2 rings (SSSR count). The molecule has 0 spiro atoms. The van der Waals surface area contributed by atoms with Crippen molar-refractivity contribution in [1.29, 1.82) is 5.26 Å². The van der Waals surface area contributed by atoms with E-state index in [0.717, 1.165) is 11.5 Å². The minimum Gasteiger partial charge on any atom is -0.366 e. The van der Waals surface area contributed by atoms with Crippen molar-refractivity contribution in [3.05, 3.63) is 23.4 Å².